The van der Waals surface area contributed by atoms with Crippen molar-refractivity contribution >= 4 is 11.6 Å². The number of benzene rings is 1. The van der Waals surface area contributed by atoms with Crippen molar-refractivity contribution in [3.63, 3.8) is 0 Å². The highest BCUT2D eigenvalue weighted by molar-refractivity contribution is 6.30. The van der Waals surface area contributed by atoms with Crippen molar-refractivity contribution in [1.29, 1.82) is 5.26 Å². The third kappa shape index (κ3) is 3.21. The number of nitrogens with one attached hydrogen (secondary N) is 1. The molecule has 1 aliphatic rings. The minimum Gasteiger partial charge on any atom is -0.315 e. The van der Waals surface area contributed by atoms with E-state index in [-0.39, 0.29) is 5.41 Å². The van der Waals surface area contributed by atoms with Gasteiger partial charge < -0.3 is 5.32 Å². The summed E-state index contributed by atoms with van der Waals surface area (Å²) in [6.07, 6.45) is 4.29. The van der Waals surface area contributed by atoms with Crippen LogP contribution in [0.1, 0.15) is 24.8 Å². The second kappa shape index (κ2) is 5.53. The fourth-order valence-corrected chi connectivity index (χ4v) is 2.27. The largest absolute Gasteiger partial charge is 0.315 e. The van der Waals surface area contributed by atoms with Gasteiger partial charge in [-0.15, -0.1) is 0 Å². The number of hydrogen-bond donors (Lipinski definition) is 1. The van der Waals surface area contributed by atoms with Crippen LogP contribution in [-0.4, -0.2) is 13.1 Å². The summed E-state index contributed by atoms with van der Waals surface area (Å²) in [5.41, 5.74) is 1.21. The van der Waals surface area contributed by atoms with Crippen LogP contribution in [-0.2, 0) is 6.42 Å². The Morgan fingerprint density at radius 3 is 2.53 bits per heavy atom. The predicted octanol–water partition coefficient (Wildman–Crippen LogP) is 3.17. The summed E-state index contributed by atoms with van der Waals surface area (Å²) in [5, 5.41) is 13.2. The fraction of sp³-hybridized carbons (Fsp3) is 0.500. The fourth-order valence-electron chi connectivity index (χ4n) is 2.14. The maximum Gasteiger partial charge on any atom is 0.0703 e. The van der Waals surface area contributed by atoms with Gasteiger partial charge in [0.1, 0.15) is 0 Å². The zero-order valence-electron chi connectivity index (χ0n) is 9.88. The molecule has 1 N–H and O–H groups in total. The van der Waals surface area contributed by atoms with Crippen molar-refractivity contribution in [1.82, 2.24) is 5.32 Å². The summed E-state index contributed by atoms with van der Waals surface area (Å²) in [7, 11) is 0. The highest BCUT2D eigenvalue weighted by Gasteiger charge is 2.36. The Morgan fingerprint density at radius 2 is 2.00 bits per heavy atom. The van der Waals surface area contributed by atoms with Gasteiger partial charge in [0.15, 0.2) is 0 Å². The van der Waals surface area contributed by atoms with E-state index in [0.29, 0.717) is 0 Å². The maximum atomic E-state index is 9.08. The quantitative estimate of drug-likeness (QED) is 0.813. The Hall–Kier alpha value is -1.04. The molecule has 0 aromatic heterocycles. The molecule has 2 rings (SSSR count). The van der Waals surface area contributed by atoms with Gasteiger partial charge in [0.25, 0.3) is 0 Å². The second-order valence-electron chi connectivity index (χ2n) is 4.80. The number of nitrogens with zero attached hydrogens (tertiary/aromatic N) is 1. The van der Waals surface area contributed by atoms with Crippen LogP contribution < -0.4 is 5.32 Å². The van der Waals surface area contributed by atoms with E-state index in [1.165, 1.54) is 12.0 Å². The van der Waals surface area contributed by atoms with Crippen LogP contribution in [0, 0.1) is 16.7 Å². The van der Waals surface area contributed by atoms with Crippen LogP contribution >= 0.6 is 11.6 Å². The van der Waals surface area contributed by atoms with E-state index in [2.05, 4.69) is 11.4 Å². The van der Waals surface area contributed by atoms with Gasteiger partial charge in [-0.2, -0.15) is 5.26 Å². The molecule has 1 fully saturated rings. The van der Waals surface area contributed by atoms with Crippen molar-refractivity contribution < 1.29 is 0 Å². The van der Waals surface area contributed by atoms with Crippen molar-refractivity contribution in [2.45, 2.75) is 25.7 Å². The summed E-state index contributed by atoms with van der Waals surface area (Å²) in [4.78, 5) is 0. The lowest BCUT2D eigenvalue weighted by molar-refractivity contribution is 0.208. The lowest BCUT2D eigenvalue weighted by Crippen LogP contribution is -2.39. The van der Waals surface area contributed by atoms with E-state index in [1.807, 2.05) is 24.3 Å². The van der Waals surface area contributed by atoms with Crippen LogP contribution in [0.4, 0.5) is 0 Å². The normalized spacial score (nSPS) is 17.2. The monoisotopic (exact) mass is 248 g/mol. The van der Waals surface area contributed by atoms with Gasteiger partial charge in [0.2, 0.25) is 0 Å². The Labute approximate surface area is 108 Å². The molecule has 1 aromatic rings. The van der Waals surface area contributed by atoms with E-state index in [1.54, 1.807) is 0 Å². The SMILES string of the molecule is N#CC1(CNCCc2ccc(Cl)cc2)CCC1. The first kappa shape index (κ1) is 12.4. The molecule has 0 heterocycles. The molecule has 1 aromatic carbocycles. The van der Waals surface area contributed by atoms with Gasteiger partial charge in [-0.3, -0.25) is 0 Å². The molecule has 0 amide bonds. The summed E-state index contributed by atoms with van der Waals surface area (Å²) < 4.78 is 0. The van der Waals surface area contributed by atoms with E-state index < -0.39 is 0 Å². The first-order valence-corrected chi connectivity index (χ1v) is 6.48. The average Bonchev–Trinajstić information content (AvgIpc) is 2.30. The lowest BCUT2D eigenvalue weighted by atomic mass is 9.70. The molecule has 0 bridgehead atoms. The van der Waals surface area contributed by atoms with E-state index in [4.69, 9.17) is 16.9 Å². The summed E-state index contributed by atoms with van der Waals surface area (Å²) in [5.74, 6) is 0. The molecule has 2 nitrogen and oxygen atoms in total. The molecule has 0 atom stereocenters. The smallest absolute Gasteiger partial charge is 0.0703 e. The number of rotatable bonds is 5. The van der Waals surface area contributed by atoms with Gasteiger partial charge in [-0.05, 0) is 43.5 Å². The van der Waals surface area contributed by atoms with Crippen molar-refractivity contribution in [2.24, 2.45) is 5.41 Å². The van der Waals surface area contributed by atoms with Gasteiger partial charge in [-0.1, -0.05) is 30.2 Å². The van der Waals surface area contributed by atoms with Gasteiger partial charge in [-0.25, -0.2) is 0 Å². The zero-order chi connectivity index (χ0) is 12.1. The number of hydrogen-bond acceptors (Lipinski definition) is 2. The molecule has 0 aliphatic heterocycles. The van der Waals surface area contributed by atoms with Crippen molar-refractivity contribution in [2.75, 3.05) is 13.1 Å². The zero-order valence-corrected chi connectivity index (χ0v) is 10.6. The molecule has 90 valence electrons. The van der Waals surface area contributed by atoms with Gasteiger partial charge in [0, 0.05) is 11.6 Å². The summed E-state index contributed by atoms with van der Waals surface area (Å²) in [6, 6.07) is 10.4. The topological polar surface area (TPSA) is 35.8 Å². The van der Waals surface area contributed by atoms with Crippen molar-refractivity contribution in [3.8, 4) is 6.07 Å². The Kier molecular flexibility index (Phi) is 4.04. The molecule has 0 radical (unpaired) electrons. The van der Waals surface area contributed by atoms with Crippen LogP contribution in [0.5, 0.6) is 0 Å². The minimum atomic E-state index is -0.0694. The third-order valence-electron chi connectivity index (χ3n) is 3.51. The molecular formula is C14H17ClN2. The number of halogens is 1. The predicted molar refractivity (Wildman–Crippen MR) is 69.9 cm³/mol. The van der Waals surface area contributed by atoms with Crippen LogP contribution in [0.3, 0.4) is 0 Å². The molecular weight excluding hydrogens is 232 g/mol. The second-order valence-corrected chi connectivity index (χ2v) is 5.24. The third-order valence-corrected chi connectivity index (χ3v) is 3.77. The minimum absolute atomic E-state index is 0.0694. The first-order chi connectivity index (χ1) is 8.24. The van der Waals surface area contributed by atoms with E-state index >= 15 is 0 Å². The van der Waals surface area contributed by atoms with E-state index in [0.717, 1.165) is 37.4 Å². The molecule has 0 saturated heterocycles. The molecule has 17 heavy (non-hydrogen) atoms. The van der Waals surface area contributed by atoms with Crippen LogP contribution in [0.25, 0.3) is 0 Å². The Morgan fingerprint density at radius 1 is 1.29 bits per heavy atom. The highest BCUT2D eigenvalue weighted by atomic mass is 35.5. The molecule has 3 heteroatoms. The average molecular weight is 249 g/mol. The van der Waals surface area contributed by atoms with Gasteiger partial charge in [0.05, 0.1) is 11.5 Å². The lowest BCUT2D eigenvalue weighted by Gasteiger charge is -2.35. The maximum absolute atomic E-state index is 9.08. The van der Waals surface area contributed by atoms with Crippen LogP contribution in [0.15, 0.2) is 24.3 Å². The molecule has 1 saturated carbocycles. The first-order valence-electron chi connectivity index (χ1n) is 6.11. The molecule has 1 aliphatic carbocycles. The summed E-state index contributed by atoms with van der Waals surface area (Å²) in [6.45, 7) is 1.75. The number of nitriles is 1. The van der Waals surface area contributed by atoms with Crippen LogP contribution in [0.2, 0.25) is 5.02 Å². The highest BCUT2D eigenvalue weighted by Crippen LogP contribution is 2.39. The van der Waals surface area contributed by atoms with Crippen molar-refractivity contribution in [3.05, 3.63) is 34.9 Å². The molecule has 0 unspecified atom stereocenters. The Balaban J connectivity index is 1.70. The Bertz CT molecular complexity index is 401. The van der Waals surface area contributed by atoms with E-state index in [9.17, 15) is 0 Å². The molecule has 0 spiro atoms. The van der Waals surface area contributed by atoms with Gasteiger partial charge >= 0.3 is 0 Å². The summed E-state index contributed by atoms with van der Waals surface area (Å²) >= 11 is 5.83. The standard InChI is InChI=1S/C14H17ClN2/c15-13-4-2-12(3-5-13)6-9-17-11-14(10-16)7-1-8-14/h2-5,17H,1,6-9,11H2.